The molecule has 3 N–H and O–H groups in total. The van der Waals surface area contributed by atoms with Crippen molar-refractivity contribution in [2.24, 2.45) is 10.7 Å². The summed E-state index contributed by atoms with van der Waals surface area (Å²) >= 11 is 2.01. The van der Waals surface area contributed by atoms with Crippen LogP contribution in [0.15, 0.2) is 29.3 Å². The molecule has 2 aliphatic heterocycles. The molecule has 6 heteroatoms. The lowest BCUT2D eigenvalue weighted by atomic mass is 10.0. The number of ether oxygens (including phenoxy) is 1. The summed E-state index contributed by atoms with van der Waals surface area (Å²) in [5.74, 6) is 2.77. The molecule has 0 bridgehead atoms. The number of guanidine groups is 1. The van der Waals surface area contributed by atoms with Crippen LogP contribution in [0.1, 0.15) is 30.9 Å². The quantitative estimate of drug-likeness (QED) is 0.450. The van der Waals surface area contributed by atoms with E-state index in [-0.39, 0.29) is 30.0 Å². The molecule has 0 saturated carbocycles. The van der Waals surface area contributed by atoms with Crippen molar-refractivity contribution < 1.29 is 4.74 Å². The largest absolute Gasteiger partial charge is 0.493 e. The molecule has 116 valence electrons. The first-order chi connectivity index (χ1) is 9.83. The highest BCUT2D eigenvalue weighted by atomic mass is 127. The number of aliphatic imine (C=N–C) groups is 1. The van der Waals surface area contributed by atoms with Crippen LogP contribution in [0, 0.1) is 0 Å². The van der Waals surface area contributed by atoms with Gasteiger partial charge in [-0.2, -0.15) is 11.8 Å². The summed E-state index contributed by atoms with van der Waals surface area (Å²) in [5, 5.41) is 3.99. The van der Waals surface area contributed by atoms with Gasteiger partial charge in [0.2, 0.25) is 0 Å². The third-order valence-electron chi connectivity index (χ3n) is 3.77. The maximum atomic E-state index is 6.03. The van der Waals surface area contributed by atoms with Gasteiger partial charge in [-0.25, -0.2) is 0 Å². The fourth-order valence-electron chi connectivity index (χ4n) is 2.70. The van der Waals surface area contributed by atoms with Crippen molar-refractivity contribution in [2.75, 3.05) is 18.9 Å². The van der Waals surface area contributed by atoms with Crippen LogP contribution in [-0.4, -0.2) is 30.1 Å². The molecule has 1 saturated heterocycles. The van der Waals surface area contributed by atoms with Gasteiger partial charge in [-0.15, -0.1) is 24.0 Å². The van der Waals surface area contributed by atoms with Gasteiger partial charge in [0, 0.05) is 17.2 Å². The zero-order valence-electron chi connectivity index (χ0n) is 12.0. The van der Waals surface area contributed by atoms with Gasteiger partial charge in [-0.05, 0) is 24.7 Å². The van der Waals surface area contributed by atoms with Crippen molar-refractivity contribution in [1.82, 2.24) is 5.32 Å². The summed E-state index contributed by atoms with van der Waals surface area (Å²) in [6.07, 6.45) is 3.50. The number of nitrogens with zero attached hydrogens (tertiary/aromatic N) is 1. The van der Waals surface area contributed by atoms with E-state index in [1.807, 2.05) is 30.0 Å². The van der Waals surface area contributed by atoms with Crippen molar-refractivity contribution >= 4 is 41.7 Å². The van der Waals surface area contributed by atoms with Crippen LogP contribution in [0.25, 0.3) is 0 Å². The Morgan fingerprint density at radius 3 is 3.05 bits per heavy atom. The Balaban J connectivity index is 0.00000161. The number of para-hydroxylation sites is 1. The predicted molar refractivity (Wildman–Crippen MR) is 99.8 cm³/mol. The lowest BCUT2D eigenvalue weighted by Gasteiger charge is -2.27. The monoisotopic (exact) mass is 419 g/mol. The predicted octanol–water partition coefficient (Wildman–Crippen LogP) is 2.93. The van der Waals surface area contributed by atoms with Crippen LogP contribution in [-0.2, 0) is 0 Å². The lowest BCUT2D eigenvalue weighted by Crippen LogP contribution is -2.37. The van der Waals surface area contributed by atoms with Crippen LogP contribution in [0.5, 0.6) is 5.75 Å². The first kappa shape index (κ1) is 16.7. The minimum Gasteiger partial charge on any atom is -0.493 e. The molecule has 0 spiro atoms. The number of thioether (sulfide) groups is 1. The summed E-state index contributed by atoms with van der Waals surface area (Å²) in [5.41, 5.74) is 7.20. The smallest absolute Gasteiger partial charge is 0.189 e. The molecular weight excluding hydrogens is 397 g/mol. The molecule has 1 aromatic rings. The topological polar surface area (TPSA) is 59.6 Å². The highest BCUT2D eigenvalue weighted by molar-refractivity contribution is 14.0. The van der Waals surface area contributed by atoms with Crippen molar-refractivity contribution in [1.29, 1.82) is 0 Å². The highest BCUT2D eigenvalue weighted by Crippen LogP contribution is 2.31. The maximum Gasteiger partial charge on any atom is 0.189 e. The van der Waals surface area contributed by atoms with Crippen LogP contribution in [0.2, 0.25) is 0 Å². The zero-order chi connectivity index (χ0) is 13.8. The lowest BCUT2D eigenvalue weighted by molar-refractivity contribution is 0.262. The van der Waals surface area contributed by atoms with Gasteiger partial charge in [0.1, 0.15) is 5.75 Å². The average molecular weight is 419 g/mol. The first-order valence-corrected chi connectivity index (χ1v) is 8.27. The number of nitrogens with one attached hydrogen (secondary N) is 1. The van der Waals surface area contributed by atoms with E-state index >= 15 is 0 Å². The molecule has 2 aliphatic rings. The second-order valence-electron chi connectivity index (χ2n) is 5.23. The minimum atomic E-state index is 0. The minimum absolute atomic E-state index is 0. The summed E-state index contributed by atoms with van der Waals surface area (Å²) in [4.78, 5) is 4.49. The third kappa shape index (κ3) is 4.42. The van der Waals surface area contributed by atoms with E-state index in [0.717, 1.165) is 25.3 Å². The van der Waals surface area contributed by atoms with E-state index in [1.54, 1.807) is 0 Å². The second-order valence-corrected chi connectivity index (χ2v) is 6.64. The second kappa shape index (κ2) is 8.12. The van der Waals surface area contributed by atoms with E-state index < -0.39 is 0 Å². The SMILES string of the molecule is I.NC(=NCC1CCCS1)NC1CCOc2ccccc21. The molecule has 0 radical (unpaired) electrons. The van der Waals surface area contributed by atoms with Gasteiger partial charge in [0.25, 0.3) is 0 Å². The Kier molecular flexibility index (Phi) is 6.47. The fraction of sp³-hybridized carbons (Fsp3) is 0.533. The summed E-state index contributed by atoms with van der Waals surface area (Å²) in [6.45, 7) is 1.55. The number of benzene rings is 1. The number of fused-ring (bicyclic) bond motifs is 1. The van der Waals surface area contributed by atoms with Gasteiger partial charge in [-0.1, -0.05) is 18.2 Å². The summed E-state index contributed by atoms with van der Waals surface area (Å²) in [7, 11) is 0. The standard InChI is InChI=1S/C15H21N3OS.HI/c16-15(17-10-11-4-3-9-20-11)18-13-7-8-19-14-6-2-1-5-12(13)14;/h1-2,5-6,11,13H,3-4,7-10H2,(H3,16,17,18);1H. The number of rotatable bonds is 3. The third-order valence-corrected chi connectivity index (χ3v) is 5.15. The van der Waals surface area contributed by atoms with Crippen molar-refractivity contribution in [3.05, 3.63) is 29.8 Å². The summed E-state index contributed by atoms with van der Waals surface area (Å²) < 4.78 is 5.65. The molecule has 21 heavy (non-hydrogen) atoms. The molecule has 4 nitrogen and oxygen atoms in total. The van der Waals surface area contributed by atoms with E-state index in [0.29, 0.717) is 11.2 Å². The molecule has 1 fully saturated rings. The van der Waals surface area contributed by atoms with Crippen LogP contribution in [0.3, 0.4) is 0 Å². The van der Waals surface area contributed by atoms with Crippen LogP contribution in [0.4, 0.5) is 0 Å². The molecule has 2 atom stereocenters. The number of hydrogen-bond donors (Lipinski definition) is 2. The van der Waals surface area contributed by atoms with Gasteiger partial charge < -0.3 is 15.8 Å². The molecule has 2 heterocycles. The first-order valence-electron chi connectivity index (χ1n) is 7.23. The molecule has 1 aromatic carbocycles. The molecule has 3 rings (SSSR count). The van der Waals surface area contributed by atoms with Crippen LogP contribution < -0.4 is 15.8 Å². The van der Waals surface area contributed by atoms with E-state index in [4.69, 9.17) is 10.5 Å². The van der Waals surface area contributed by atoms with E-state index in [2.05, 4.69) is 16.4 Å². The van der Waals surface area contributed by atoms with Crippen molar-refractivity contribution in [2.45, 2.75) is 30.6 Å². The maximum absolute atomic E-state index is 6.03. The van der Waals surface area contributed by atoms with Gasteiger partial charge in [0.05, 0.1) is 19.2 Å². The summed E-state index contributed by atoms with van der Waals surface area (Å²) in [6, 6.07) is 8.33. The number of nitrogens with two attached hydrogens (primary N) is 1. The normalized spacial score (nSPS) is 24.7. The Morgan fingerprint density at radius 2 is 2.24 bits per heavy atom. The Morgan fingerprint density at radius 1 is 1.38 bits per heavy atom. The Hall–Kier alpha value is -0.630. The number of halogens is 1. The average Bonchev–Trinajstić information content (AvgIpc) is 2.99. The Labute approximate surface area is 147 Å². The molecule has 0 amide bonds. The number of hydrogen-bond acceptors (Lipinski definition) is 3. The van der Waals surface area contributed by atoms with Gasteiger partial charge >= 0.3 is 0 Å². The van der Waals surface area contributed by atoms with Crippen molar-refractivity contribution in [3.8, 4) is 5.75 Å². The van der Waals surface area contributed by atoms with Crippen LogP contribution >= 0.6 is 35.7 Å². The van der Waals surface area contributed by atoms with Gasteiger partial charge in [0.15, 0.2) is 5.96 Å². The molecule has 0 aromatic heterocycles. The Bertz CT molecular complexity index is 492. The highest BCUT2D eigenvalue weighted by Gasteiger charge is 2.21. The van der Waals surface area contributed by atoms with Crippen molar-refractivity contribution in [3.63, 3.8) is 0 Å². The molecular formula is C15H22IN3OS. The fourth-order valence-corrected chi connectivity index (χ4v) is 3.88. The van der Waals surface area contributed by atoms with E-state index in [9.17, 15) is 0 Å². The zero-order valence-corrected chi connectivity index (χ0v) is 15.1. The molecule has 0 aliphatic carbocycles. The van der Waals surface area contributed by atoms with Gasteiger partial charge in [-0.3, -0.25) is 4.99 Å². The van der Waals surface area contributed by atoms with E-state index in [1.165, 1.54) is 24.2 Å². The molecule has 2 unspecified atom stereocenters.